The molecular formula is C24H23N3O7S. The van der Waals surface area contributed by atoms with E-state index in [0.717, 1.165) is 10.4 Å². The molecule has 0 saturated carbocycles. The number of nitrogens with zero attached hydrogens (tertiary/aromatic N) is 2. The maximum absolute atomic E-state index is 13.4. The van der Waals surface area contributed by atoms with Crippen molar-refractivity contribution >= 4 is 39.0 Å². The number of benzene rings is 3. The van der Waals surface area contributed by atoms with Crippen LogP contribution < -0.4 is 9.62 Å². The van der Waals surface area contributed by atoms with E-state index in [4.69, 9.17) is 4.74 Å². The number of nitro groups is 1. The quantitative estimate of drug-likeness (QED) is 0.269. The van der Waals surface area contributed by atoms with E-state index < -0.39 is 33.4 Å². The molecule has 0 unspecified atom stereocenters. The lowest BCUT2D eigenvalue weighted by atomic mass is 10.1. The van der Waals surface area contributed by atoms with Crippen LogP contribution in [0.3, 0.4) is 0 Å². The standard InChI is InChI=1S/C24H23N3O7S/c1-3-34-24(29)21-13-8-14-22(17(21)2)25-23(28)16-26(18-9-7-10-19(15-18)27(30)31)35(32,33)20-11-5-4-6-12-20/h4-15H,3,16H2,1-2H3,(H,25,28). The summed E-state index contributed by atoms with van der Waals surface area (Å²) in [5.74, 6) is -1.26. The number of anilines is 2. The first-order valence-electron chi connectivity index (χ1n) is 10.5. The first-order chi connectivity index (χ1) is 16.6. The number of sulfonamides is 1. The molecule has 182 valence electrons. The number of nitro benzene ring substituents is 1. The highest BCUT2D eigenvalue weighted by atomic mass is 32.2. The second-order valence-corrected chi connectivity index (χ2v) is 9.21. The number of non-ortho nitro benzene ring substituents is 1. The predicted octanol–water partition coefficient (Wildman–Crippen LogP) is 3.91. The number of nitrogens with one attached hydrogen (secondary N) is 1. The van der Waals surface area contributed by atoms with Crippen LogP contribution in [0.15, 0.2) is 77.7 Å². The fraction of sp³-hybridized carbons (Fsp3) is 0.167. The second kappa shape index (κ2) is 10.8. The minimum absolute atomic E-state index is 0.0461. The van der Waals surface area contributed by atoms with Gasteiger partial charge in [0.2, 0.25) is 5.91 Å². The molecule has 0 heterocycles. The third kappa shape index (κ3) is 5.82. The van der Waals surface area contributed by atoms with Crippen LogP contribution >= 0.6 is 0 Å². The topological polar surface area (TPSA) is 136 Å². The third-order valence-electron chi connectivity index (χ3n) is 5.05. The number of hydrogen-bond donors (Lipinski definition) is 1. The Labute approximate surface area is 202 Å². The van der Waals surface area contributed by atoms with Crippen molar-refractivity contribution in [2.75, 3.05) is 22.8 Å². The largest absolute Gasteiger partial charge is 0.462 e. The Morgan fingerprint density at radius 1 is 1.03 bits per heavy atom. The molecule has 0 aromatic heterocycles. The second-order valence-electron chi connectivity index (χ2n) is 7.35. The summed E-state index contributed by atoms with van der Waals surface area (Å²) < 4.78 is 32.6. The molecule has 0 bridgehead atoms. The van der Waals surface area contributed by atoms with Crippen LogP contribution in [0.4, 0.5) is 17.1 Å². The average molecular weight is 498 g/mol. The van der Waals surface area contributed by atoms with Crippen LogP contribution in [0.2, 0.25) is 0 Å². The van der Waals surface area contributed by atoms with Gasteiger partial charge in [0, 0.05) is 17.8 Å². The van der Waals surface area contributed by atoms with E-state index in [1.807, 2.05) is 0 Å². The van der Waals surface area contributed by atoms with Crippen molar-refractivity contribution in [1.82, 2.24) is 0 Å². The molecule has 0 aliphatic rings. The molecule has 0 aliphatic carbocycles. The lowest BCUT2D eigenvalue weighted by Crippen LogP contribution is -2.38. The Bertz CT molecular complexity index is 1360. The van der Waals surface area contributed by atoms with Gasteiger partial charge in [-0.2, -0.15) is 0 Å². The van der Waals surface area contributed by atoms with Gasteiger partial charge < -0.3 is 10.1 Å². The van der Waals surface area contributed by atoms with Gasteiger partial charge in [-0.1, -0.05) is 30.3 Å². The zero-order valence-electron chi connectivity index (χ0n) is 19.0. The summed E-state index contributed by atoms with van der Waals surface area (Å²) in [7, 11) is -4.25. The molecule has 3 rings (SSSR count). The molecule has 35 heavy (non-hydrogen) atoms. The number of hydrogen-bond acceptors (Lipinski definition) is 7. The zero-order valence-corrected chi connectivity index (χ0v) is 19.8. The highest BCUT2D eigenvalue weighted by Crippen LogP contribution is 2.27. The predicted molar refractivity (Wildman–Crippen MR) is 130 cm³/mol. The van der Waals surface area contributed by atoms with Gasteiger partial charge in [0.1, 0.15) is 6.54 Å². The minimum atomic E-state index is -4.25. The third-order valence-corrected chi connectivity index (χ3v) is 6.84. The van der Waals surface area contributed by atoms with Gasteiger partial charge in [0.15, 0.2) is 0 Å². The monoisotopic (exact) mass is 497 g/mol. The molecule has 0 fully saturated rings. The van der Waals surface area contributed by atoms with Gasteiger partial charge in [0.05, 0.1) is 27.7 Å². The van der Waals surface area contributed by atoms with Crippen LogP contribution in [-0.2, 0) is 19.6 Å². The van der Waals surface area contributed by atoms with E-state index >= 15 is 0 Å². The molecule has 3 aromatic carbocycles. The Morgan fingerprint density at radius 2 is 1.71 bits per heavy atom. The lowest BCUT2D eigenvalue weighted by molar-refractivity contribution is -0.384. The van der Waals surface area contributed by atoms with Crippen LogP contribution in [-0.4, -0.2) is 38.4 Å². The van der Waals surface area contributed by atoms with Gasteiger partial charge in [-0.25, -0.2) is 13.2 Å². The molecule has 0 saturated heterocycles. The lowest BCUT2D eigenvalue weighted by Gasteiger charge is -2.24. The first kappa shape index (κ1) is 25.4. The van der Waals surface area contributed by atoms with Crippen molar-refractivity contribution in [3.63, 3.8) is 0 Å². The normalized spacial score (nSPS) is 10.9. The molecule has 11 heteroatoms. The number of carbonyl (C=O) groups is 2. The summed E-state index contributed by atoms with van der Waals surface area (Å²) in [5.41, 5.74) is 0.644. The highest BCUT2D eigenvalue weighted by Gasteiger charge is 2.28. The van der Waals surface area contributed by atoms with Crippen molar-refractivity contribution in [2.24, 2.45) is 0 Å². The van der Waals surface area contributed by atoms with Gasteiger partial charge >= 0.3 is 5.97 Å². The molecule has 0 atom stereocenters. The molecule has 1 N–H and O–H groups in total. The van der Waals surface area contributed by atoms with Gasteiger partial charge in [-0.15, -0.1) is 0 Å². The van der Waals surface area contributed by atoms with Gasteiger partial charge in [0.25, 0.3) is 15.7 Å². The number of amides is 1. The van der Waals surface area contributed by atoms with E-state index in [2.05, 4.69) is 5.32 Å². The number of rotatable bonds is 9. The van der Waals surface area contributed by atoms with Crippen molar-refractivity contribution < 1.29 is 27.7 Å². The van der Waals surface area contributed by atoms with E-state index in [-0.39, 0.29) is 28.4 Å². The molecule has 0 radical (unpaired) electrons. The molecular weight excluding hydrogens is 474 g/mol. The molecule has 0 aliphatic heterocycles. The van der Waals surface area contributed by atoms with Gasteiger partial charge in [-0.3, -0.25) is 19.2 Å². The number of ether oxygens (including phenoxy) is 1. The van der Waals surface area contributed by atoms with Crippen LogP contribution in [0, 0.1) is 17.0 Å². The SMILES string of the molecule is CCOC(=O)c1cccc(NC(=O)CN(c2cccc([N+](=O)[O-])c2)S(=O)(=O)c2ccccc2)c1C. The van der Waals surface area contributed by atoms with Crippen molar-refractivity contribution in [3.05, 3.63) is 94.0 Å². The Hall–Kier alpha value is -4.25. The van der Waals surface area contributed by atoms with Crippen molar-refractivity contribution in [2.45, 2.75) is 18.7 Å². The summed E-state index contributed by atoms with van der Waals surface area (Å²) in [6.07, 6.45) is 0. The Balaban J connectivity index is 1.97. The van der Waals surface area contributed by atoms with E-state index in [9.17, 15) is 28.1 Å². The van der Waals surface area contributed by atoms with E-state index in [0.29, 0.717) is 11.3 Å². The highest BCUT2D eigenvalue weighted by molar-refractivity contribution is 7.92. The summed E-state index contributed by atoms with van der Waals surface area (Å²) in [5, 5.41) is 13.9. The summed E-state index contributed by atoms with van der Waals surface area (Å²) >= 11 is 0. The average Bonchev–Trinajstić information content (AvgIpc) is 2.84. The maximum Gasteiger partial charge on any atom is 0.338 e. The van der Waals surface area contributed by atoms with E-state index in [1.165, 1.54) is 42.5 Å². The summed E-state index contributed by atoms with van der Waals surface area (Å²) in [6.45, 7) is 2.82. The maximum atomic E-state index is 13.4. The van der Waals surface area contributed by atoms with Crippen LogP contribution in [0.5, 0.6) is 0 Å². The van der Waals surface area contributed by atoms with Crippen LogP contribution in [0.1, 0.15) is 22.8 Å². The van der Waals surface area contributed by atoms with Crippen molar-refractivity contribution in [3.8, 4) is 0 Å². The number of carbonyl (C=O) groups excluding carboxylic acids is 2. The summed E-state index contributed by atoms with van der Waals surface area (Å²) in [6, 6.07) is 17.1. The summed E-state index contributed by atoms with van der Waals surface area (Å²) in [4.78, 5) is 35.7. The molecule has 3 aromatic rings. The smallest absolute Gasteiger partial charge is 0.338 e. The van der Waals surface area contributed by atoms with Crippen molar-refractivity contribution in [1.29, 1.82) is 0 Å². The molecule has 0 spiro atoms. The molecule has 10 nitrogen and oxygen atoms in total. The molecule has 1 amide bonds. The van der Waals surface area contributed by atoms with Crippen LogP contribution in [0.25, 0.3) is 0 Å². The number of esters is 1. The Kier molecular flexibility index (Phi) is 7.82. The van der Waals surface area contributed by atoms with E-state index in [1.54, 1.807) is 38.1 Å². The zero-order chi connectivity index (χ0) is 25.6. The van der Waals surface area contributed by atoms with Gasteiger partial charge in [-0.05, 0) is 49.7 Å². The minimum Gasteiger partial charge on any atom is -0.462 e. The Morgan fingerprint density at radius 3 is 2.37 bits per heavy atom. The first-order valence-corrected chi connectivity index (χ1v) is 12.0. The fourth-order valence-corrected chi connectivity index (χ4v) is 4.75. The fourth-order valence-electron chi connectivity index (χ4n) is 3.32.